The van der Waals surface area contributed by atoms with E-state index in [9.17, 15) is 4.79 Å². The Bertz CT molecular complexity index is 494. The Balaban J connectivity index is 1.93. The van der Waals surface area contributed by atoms with Crippen LogP contribution >= 0.6 is 0 Å². The molecule has 2 rings (SSSR count). The zero-order chi connectivity index (χ0) is 12.8. The van der Waals surface area contributed by atoms with Gasteiger partial charge in [0.25, 0.3) is 0 Å². The van der Waals surface area contributed by atoms with Crippen molar-refractivity contribution >= 4 is 5.97 Å². The van der Waals surface area contributed by atoms with Crippen molar-refractivity contribution in [1.29, 1.82) is 0 Å². The Labute approximate surface area is 106 Å². The Morgan fingerprint density at radius 2 is 1.39 bits per heavy atom. The van der Waals surface area contributed by atoms with Crippen LogP contribution < -0.4 is 9.47 Å². The molecule has 0 fully saturated rings. The largest absolute Gasteiger partial charge is 0.479 e. The third-order valence-corrected chi connectivity index (χ3v) is 2.35. The van der Waals surface area contributed by atoms with Gasteiger partial charge in [-0.25, -0.2) is 4.79 Å². The number of benzene rings is 2. The molecule has 18 heavy (non-hydrogen) atoms. The van der Waals surface area contributed by atoms with E-state index in [4.69, 9.17) is 9.47 Å². The molecular weight excluding hydrogens is 228 g/mol. The highest BCUT2D eigenvalue weighted by molar-refractivity contribution is 5.77. The first-order valence-corrected chi connectivity index (χ1v) is 5.74. The van der Waals surface area contributed by atoms with Gasteiger partial charge in [-0.1, -0.05) is 36.4 Å². The highest BCUT2D eigenvalue weighted by atomic mass is 16.6. The molecule has 0 aliphatic rings. The van der Waals surface area contributed by atoms with E-state index >= 15 is 0 Å². The van der Waals surface area contributed by atoms with Crippen LogP contribution in [0.3, 0.4) is 0 Å². The van der Waals surface area contributed by atoms with E-state index in [2.05, 4.69) is 0 Å². The number of rotatable bonds is 4. The average molecular weight is 242 g/mol. The van der Waals surface area contributed by atoms with E-state index in [0.717, 1.165) is 0 Å². The fraction of sp³-hybridized carbons (Fsp3) is 0.133. The molecule has 0 bridgehead atoms. The van der Waals surface area contributed by atoms with E-state index in [1.165, 1.54) is 0 Å². The standard InChI is InChI=1S/C15H14O3/c1-12(17-13-8-4-2-5-9-13)15(16)18-14-10-6-3-7-11-14/h2-12H,1H3/t12-/m1/s1. The van der Waals surface area contributed by atoms with Crippen molar-refractivity contribution < 1.29 is 14.3 Å². The van der Waals surface area contributed by atoms with Gasteiger partial charge >= 0.3 is 5.97 Å². The van der Waals surface area contributed by atoms with Crippen molar-refractivity contribution in [2.24, 2.45) is 0 Å². The fourth-order valence-corrected chi connectivity index (χ4v) is 1.44. The molecule has 92 valence electrons. The molecule has 0 spiro atoms. The van der Waals surface area contributed by atoms with Crippen LogP contribution in [0, 0.1) is 0 Å². The smallest absolute Gasteiger partial charge is 0.352 e. The summed E-state index contributed by atoms with van der Waals surface area (Å²) in [6.07, 6.45) is -0.646. The van der Waals surface area contributed by atoms with Gasteiger partial charge in [0.2, 0.25) is 0 Å². The number of ether oxygens (including phenoxy) is 2. The first-order chi connectivity index (χ1) is 8.75. The van der Waals surface area contributed by atoms with Crippen LogP contribution in [0.25, 0.3) is 0 Å². The third kappa shape index (κ3) is 3.35. The molecule has 0 heterocycles. The third-order valence-electron chi connectivity index (χ3n) is 2.35. The minimum absolute atomic E-state index is 0.412. The molecule has 0 aromatic heterocycles. The molecule has 0 saturated heterocycles. The van der Waals surface area contributed by atoms with Gasteiger partial charge in [0.1, 0.15) is 11.5 Å². The summed E-state index contributed by atoms with van der Waals surface area (Å²) in [5.41, 5.74) is 0. The minimum Gasteiger partial charge on any atom is -0.479 e. The molecule has 3 nitrogen and oxygen atoms in total. The molecule has 0 amide bonds. The van der Waals surface area contributed by atoms with Gasteiger partial charge in [-0.3, -0.25) is 0 Å². The molecule has 0 unspecified atom stereocenters. The van der Waals surface area contributed by atoms with Gasteiger partial charge in [-0.05, 0) is 31.2 Å². The van der Waals surface area contributed by atoms with Crippen LogP contribution in [0.5, 0.6) is 11.5 Å². The molecular formula is C15H14O3. The van der Waals surface area contributed by atoms with Crippen molar-refractivity contribution in [3.8, 4) is 11.5 Å². The van der Waals surface area contributed by atoms with E-state index in [1.54, 1.807) is 31.2 Å². The quantitative estimate of drug-likeness (QED) is 0.610. The second-order valence-electron chi connectivity index (χ2n) is 3.81. The Morgan fingerprint density at radius 3 is 1.94 bits per heavy atom. The summed E-state index contributed by atoms with van der Waals surface area (Å²) in [5.74, 6) is 0.756. The van der Waals surface area contributed by atoms with E-state index in [1.807, 2.05) is 36.4 Å². The summed E-state index contributed by atoms with van der Waals surface area (Å²) in [7, 11) is 0. The number of para-hydroxylation sites is 2. The molecule has 1 atom stereocenters. The SMILES string of the molecule is C[C@@H](Oc1ccccc1)C(=O)Oc1ccccc1. The van der Waals surface area contributed by atoms with Gasteiger partial charge in [-0.15, -0.1) is 0 Å². The van der Waals surface area contributed by atoms with Crippen LogP contribution in [0.4, 0.5) is 0 Å². The molecule has 2 aromatic carbocycles. The molecule has 0 aliphatic carbocycles. The number of esters is 1. The molecule has 0 saturated carbocycles. The topological polar surface area (TPSA) is 35.5 Å². The highest BCUT2D eigenvalue weighted by Crippen LogP contribution is 2.13. The van der Waals surface area contributed by atoms with Crippen molar-refractivity contribution in [2.75, 3.05) is 0 Å². The maximum absolute atomic E-state index is 11.8. The van der Waals surface area contributed by atoms with Crippen molar-refractivity contribution in [3.05, 3.63) is 60.7 Å². The molecule has 3 heteroatoms. The summed E-state index contributed by atoms with van der Waals surface area (Å²) in [5, 5.41) is 0. The van der Waals surface area contributed by atoms with Crippen molar-refractivity contribution in [1.82, 2.24) is 0 Å². The Kier molecular flexibility index (Phi) is 3.97. The second kappa shape index (κ2) is 5.87. The van der Waals surface area contributed by atoms with Gasteiger partial charge in [-0.2, -0.15) is 0 Å². The molecule has 0 N–H and O–H groups in total. The van der Waals surface area contributed by atoms with Crippen LogP contribution in [0.15, 0.2) is 60.7 Å². The molecule has 0 radical (unpaired) electrons. The number of carbonyl (C=O) groups excluding carboxylic acids is 1. The predicted octanol–water partition coefficient (Wildman–Crippen LogP) is 3.06. The Hall–Kier alpha value is -2.29. The van der Waals surface area contributed by atoms with Crippen LogP contribution in [-0.4, -0.2) is 12.1 Å². The summed E-state index contributed by atoms with van der Waals surface area (Å²) >= 11 is 0. The van der Waals surface area contributed by atoms with E-state index < -0.39 is 12.1 Å². The van der Waals surface area contributed by atoms with Crippen molar-refractivity contribution in [3.63, 3.8) is 0 Å². The summed E-state index contributed by atoms with van der Waals surface area (Å²) in [6.45, 7) is 1.66. The van der Waals surface area contributed by atoms with Crippen LogP contribution in [-0.2, 0) is 4.79 Å². The number of carbonyl (C=O) groups is 1. The summed E-state index contributed by atoms with van der Waals surface area (Å²) in [6, 6.07) is 18.1. The van der Waals surface area contributed by atoms with E-state index in [0.29, 0.717) is 11.5 Å². The van der Waals surface area contributed by atoms with Crippen LogP contribution in [0.2, 0.25) is 0 Å². The molecule has 0 aliphatic heterocycles. The van der Waals surface area contributed by atoms with Gasteiger partial charge in [0, 0.05) is 0 Å². The maximum atomic E-state index is 11.8. The number of hydrogen-bond acceptors (Lipinski definition) is 3. The Morgan fingerprint density at radius 1 is 0.889 bits per heavy atom. The lowest BCUT2D eigenvalue weighted by atomic mass is 10.3. The van der Waals surface area contributed by atoms with Crippen LogP contribution in [0.1, 0.15) is 6.92 Å². The van der Waals surface area contributed by atoms with Crippen molar-refractivity contribution in [2.45, 2.75) is 13.0 Å². The first kappa shape index (κ1) is 12.2. The fourth-order valence-electron chi connectivity index (χ4n) is 1.44. The lowest BCUT2D eigenvalue weighted by molar-refractivity contribution is -0.141. The van der Waals surface area contributed by atoms with Gasteiger partial charge in [0.15, 0.2) is 6.10 Å². The monoisotopic (exact) mass is 242 g/mol. The second-order valence-corrected chi connectivity index (χ2v) is 3.81. The molecule has 2 aromatic rings. The maximum Gasteiger partial charge on any atom is 0.352 e. The van der Waals surface area contributed by atoms with Gasteiger partial charge < -0.3 is 9.47 Å². The predicted molar refractivity (Wildman–Crippen MR) is 68.6 cm³/mol. The summed E-state index contributed by atoms with van der Waals surface area (Å²) in [4.78, 5) is 11.8. The lowest BCUT2D eigenvalue weighted by Crippen LogP contribution is -2.28. The average Bonchev–Trinajstić information content (AvgIpc) is 2.41. The lowest BCUT2D eigenvalue weighted by Gasteiger charge is -2.13. The summed E-state index contributed by atoms with van der Waals surface area (Å²) < 4.78 is 10.7. The zero-order valence-electron chi connectivity index (χ0n) is 10.1. The van der Waals surface area contributed by atoms with E-state index in [-0.39, 0.29) is 0 Å². The first-order valence-electron chi connectivity index (χ1n) is 5.74. The zero-order valence-corrected chi connectivity index (χ0v) is 10.1. The number of hydrogen-bond donors (Lipinski definition) is 0. The minimum atomic E-state index is -0.646. The highest BCUT2D eigenvalue weighted by Gasteiger charge is 2.16. The normalized spacial score (nSPS) is 11.6. The van der Waals surface area contributed by atoms with Gasteiger partial charge in [0.05, 0.1) is 0 Å².